The lowest BCUT2D eigenvalue weighted by molar-refractivity contribution is 0.0184. The molecule has 7 nitrogen and oxygen atoms in total. The van der Waals surface area contributed by atoms with Crippen molar-refractivity contribution in [2.24, 2.45) is 0 Å². The Balaban J connectivity index is 1.72. The highest BCUT2D eigenvalue weighted by molar-refractivity contribution is 5.80. The molecule has 0 fully saturated rings. The van der Waals surface area contributed by atoms with E-state index in [0.29, 0.717) is 31.2 Å². The van der Waals surface area contributed by atoms with E-state index in [2.05, 4.69) is 15.0 Å². The molecule has 0 amide bonds. The SMILES string of the molecule is CC(C)OCCOCCCn1cnc2c(N)ncnc21. The van der Waals surface area contributed by atoms with Crippen LogP contribution < -0.4 is 5.73 Å². The van der Waals surface area contributed by atoms with Gasteiger partial charge in [0.1, 0.15) is 11.8 Å². The Morgan fingerprint density at radius 1 is 1.20 bits per heavy atom. The van der Waals surface area contributed by atoms with Crippen LogP contribution in [0.15, 0.2) is 12.7 Å². The van der Waals surface area contributed by atoms with Crippen LogP contribution in [0, 0.1) is 0 Å². The molecule has 0 aliphatic heterocycles. The summed E-state index contributed by atoms with van der Waals surface area (Å²) in [4.78, 5) is 12.3. The average Bonchev–Trinajstić information content (AvgIpc) is 2.82. The fourth-order valence-electron chi connectivity index (χ4n) is 1.84. The van der Waals surface area contributed by atoms with Crippen molar-refractivity contribution in [1.29, 1.82) is 0 Å². The predicted octanol–water partition coefficient (Wildman–Crippen LogP) is 1.24. The Kier molecular flexibility index (Phi) is 5.25. The van der Waals surface area contributed by atoms with Crippen LogP contribution in [0.4, 0.5) is 5.82 Å². The highest BCUT2D eigenvalue weighted by atomic mass is 16.5. The molecule has 0 aliphatic carbocycles. The molecule has 0 saturated heterocycles. The fourth-order valence-corrected chi connectivity index (χ4v) is 1.84. The third kappa shape index (κ3) is 3.88. The number of fused-ring (bicyclic) bond motifs is 1. The van der Waals surface area contributed by atoms with E-state index in [9.17, 15) is 0 Å². The number of imidazole rings is 1. The third-order valence-electron chi connectivity index (χ3n) is 2.80. The molecule has 110 valence electrons. The van der Waals surface area contributed by atoms with Gasteiger partial charge in [-0.15, -0.1) is 0 Å². The Morgan fingerprint density at radius 2 is 2.05 bits per heavy atom. The zero-order valence-corrected chi connectivity index (χ0v) is 12.0. The van der Waals surface area contributed by atoms with Crippen molar-refractivity contribution in [3.8, 4) is 0 Å². The summed E-state index contributed by atoms with van der Waals surface area (Å²) in [5.41, 5.74) is 7.15. The molecule has 2 N–H and O–H groups in total. The molecule has 20 heavy (non-hydrogen) atoms. The molecule has 0 aromatic carbocycles. The van der Waals surface area contributed by atoms with Gasteiger partial charge in [-0.1, -0.05) is 0 Å². The van der Waals surface area contributed by atoms with Gasteiger partial charge in [0.15, 0.2) is 11.5 Å². The molecule has 0 radical (unpaired) electrons. The van der Waals surface area contributed by atoms with Gasteiger partial charge in [0.05, 0.1) is 25.6 Å². The zero-order chi connectivity index (χ0) is 14.4. The number of anilines is 1. The van der Waals surface area contributed by atoms with Gasteiger partial charge in [-0.3, -0.25) is 0 Å². The maximum Gasteiger partial charge on any atom is 0.165 e. The number of aryl methyl sites for hydroxylation is 1. The molecule has 0 atom stereocenters. The van der Waals surface area contributed by atoms with E-state index in [-0.39, 0.29) is 6.10 Å². The number of hydrogen-bond donors (Lipinski definition) is 1. The van der Waals surface area contributed by atoms with Crippen LogP contribution in [-0.2, 0) is 16.0 Å². The summed E-state index contributed by atoms with van der Waals surface area (Å²) >= 11 is 0. The van der Waals surface area contributed by atoms with Gasteiger partial charge < -0.3 is 19.8 Å². The lowest BCUT2D eigenvalue weighted by atomic mass is 10.4. The van der Waals surface area contributed by atoms with Crippen LogP contribution in [0.3, 0.4) is 0 Å². The summed E-state index contributed by atoms with van der Waals surface area (Å²) in [7, 11) is 0. The highest BCUT2D eigenvalue weighted by Gasteiger charge is 2.06. The lowest BCUT2D eigenvalue weighted by Crippen LogP contribution is -2.11. The summed E-state index contributed by atoms with van der Waals surface area (Å²) in [5, 5.41) is 0. The van der Waals surface area contributed by atoms with Gasteiger partial charge >= 0.3 is 0 Å². The fraction of sp³-hybridized carbons (Fsp3) is 0.615. The van der Waals surface area contributed by atoms with Crippen molar-refractivity contribution in [1.82, 2.24) is 19.5 Å². The topological polar surface area (TPSA) is 88.1 Å². The summed E-state index contributed by atoms with van der Waals surface area (Å²) in [6.45, 7) is 6.75. The van der Waals surface area contributed by atoms with Crippen molar-refractivity contribution < 1.29 is 9.47 Å². The highest BCUT2D eigenvalue weighted by Crippen LogP contribution is 2.14. The quantitative estimate of drug-likeness (QED) is 0.731. The average molecular weight is 279 g/mol. The second kappa shape index (κ2) is 7.16. The largest absolute Gasteiger partial charge is 0.382 e. The lowest BCUT2D eigenvalue weighted by Gasteiger charge is -2.08. The molecule has 0 aliphatic rings. The van der Waals surface area contributed by atoms with Crippen LogP contribution >= 0.6 is 0 Å². The first-order valence-electron chi connectivity index (χ1n) is 6.79. The minimum absolute atomic E-state index is 0.251. The van der Waals surface area contributed by atoms with Gasteiger partial charge in [0.2, 0.25) is 0 Å². The summed E-state index contributed by atoms with van der Waals surface area (Å²) in [6, 6.07) is 0. The minimum Gasteiger partial charge on any atom is -0.382 e. The molecule has 2 aromatic rings. The molecule has 2 rings (SSSR count). The minimum atomic E-state index is 0.251. The summed E-state index contributed by atoms with van der Waals surface area (Å²) < 4.78 is 12.9. The first-order chi connectivity index (χ1) is 9.68. The number of rotatable bonds is 8. The molecule has 7 heteroatoms. The number of ether oxygens (including phenoxy) is 2. The maximum absolute atomic E-state index is 5.74. The van der Waals surface area contributed by atoms with E-state index in [1.165, 1.54) is 6.33 Å². The summed E-state index contributed by atoms with van der Waals surface area (Å²) in [5.74, 6) is 0.413. The molecule has 2 aromatic heterocycles. The van der Waals surface area contributed by atoms with E-state index in [0.717, 1.165) is 18.6 Å². The van der Waals surface area contributed by atoms with E-state index >= 15 is 0 Å². The molecular weight excluding hydrogens is 258 g/mol. The summed E-state index contributed by atoms with van der Waals surface area (Å²) in [6.07, 6.45) is 4.32. The second-order valence-electron chi connectivity index (χ2n) is 4.75. The van der Waals surface area contributed by atoms with E-state index in [1.54, 1.807) is 6.33 Å². The maximum atomic E-state index is 5.74. The predicted molar refractivity (Wildman–Crippen MR) is 76.3 cm³/mol. The number of nitrogen functional groups attached to an aromatic ring is 1. The first-order valence-corrected chi connectivity index (χ1v) is 6.79. The Morgan fingerprint density at radius 3 is 2.85 bits per heavy atom. The van der Waals surface area contributed by atoms with E-state index in [4.69, 9.17) is 15.2 Å². The van der Waals surface area contributed by atoms with Crippen LogP contribution in [0.1, 0.15) is 20.3 Å². The van der Waals surface area contributed by atoms with E-state index < -0.39 is 0 Å². The molecular formula is C13H21N5O2. The van der Waals surface area contributed by atoms with Crippen molar-refractivity contribution in [2.75, 3.05) is 25.6 Å². The van der Waals surface area contributed by atoms with Crippen LogP contribution in [0.2, 0.25) is 0 Å². The Labute approximate surface area is 118 Å². The zero-order valence-electron chi connectivity index (χ0n) is 12.0. The van der Waals surface area contributed by atoms with Crippen molar-refractivity contribution >= 4 is 17.0 Å². The van der Waals surface area contributed by atoms with Gasteiger partial charge in [-0.2, -0.15) is 0 Å². The Bertz CT molecular complexity index is 541. The normalized spacial score (nSPS) is 11.6. The van der Waals surface area contributed by atoms with E-state index in [1.807, 2.05) is 18.4 Å². The smallest absolute Gasteiger partial charge is 0.165 e. The number of hydrogen-bond acceptors (Lipinski definition) is 6. The van der Waals surface area contributed by atoms with Gasteiger partial charge in [0, 0.05) is 13.2 Å². The van der Waals surface area contributed by atoms with Gasteiger partial charge in [0.25, 0.3) is 0 Å². The number of nitrogens with two attached hydrogens (primary N) is 1. The molecule has 2 heterocycles. The van der Waals surface area contributed by atoms with Crippen LogP contribution in [0.5, 0.6) is 0 Å². The Hall–Kier alpha value is -1.73. The first kappa shape index (κ1) is 14.7. The van der Waals surface area contributed by atoms with Crippen LogP contribution in [-0.4, -0.2) is 45.4 Å². The number of aromatic nitrogens is 4. The van der Waals surface area contributed by atoms with Crippen molar-refractivity contribution in [3.05, 3.63) is 12.7 Å². The van der Waals surface area contributed by atoms with Crippen molar-refractivity contribution in [3.63, 3.8) is 0 Å². The molecule has 0 spiro atoms. The number of nitrogens with zero attached hydrogens (tertiary/aromatic N) is 4. The molecule has 0 saturated carbocycles. The van der Waals surface area contributed by atoms with Gasteiger partial charge in [-0.25, -0.2) is 15.0 Å². The van der Waals surface area contributed by atoms with Gasteiger partial charge in [-0.05, 0) is 20.3 Å². The molecule has 0 bridgehead atoms. The monoisotopic (exact) mass is 279 g/mol. The second-order valence-corrected chi connectivity index (χ2v) is 4.75. The van der Waals surface area contributed by atoms with Crippen molar-refractivity contribution in [2.45, 2.75) is 32.9 Å². The van der Waals surface area contributed by atoms with Crippen LogP contribution in [0.25, 0.3) is 11.2 Å². The third-order valence-corrected chi connectivity index (χ3v) is 2.80. The standard InChI is InChI=1S/C13H21N5O2/c1-10(2)20-7-6-19-5-3-4-18-9-17-11-12(14)15-8-16-13(11)18/h8-10H,3-7H2,1-2H3,(H2,14,15,16). The molecule has 0 unspecified atom stereocenters.